The second-order valence-corrected chi connectivity index (χ2v) is 7.50. The summed E-state index contributed by atoms with van der Waals surface area (Å²) in [6.45, 7) is 0.711. The van der Waals surface area contributed by atoms with Crippen LogP contribution in [-0.4, -0.2) is 25.5 Å². The molecule has 1 saturated heterocycles. The molecule has 2 fully saturated rings. The summed E-state index contributed by atoms with van der Waals surface area (Å²) in [6.07, 6.45) is 3.21. The van der Waals surface area contributed by atoms with E-state index in [1.54, 1.807) is 29.4 Å². The number of hydrogen-bond donors (Lipinski definition) is 1. The molecule has 1 aromatic carbocycles. The third kappa shape index (κ3) is 2.80. The van der Waals surface area contributed by atoms with Gasteiger partial charge in [0, 0.05) is 29.6 Å². The molecule has 130 valence electrons. The van der Waals surface area contributed by atoms with E-state index in [0.717, 1.165) is 29.8 Å². The van der Waals surface area contributed by atoms with Crippen LogP contribution in [0, 0.1) is 0 Å². The van der Waals surface area contributed by atoms with E-state index >= 15 is 0 Å². The molecule has 1 aliphatic heterocycles. The number of rotatable bonds is 5. The van der Waals surface area contributed by atoms with Crippen LogP contribution in [0.25, 0.3) is 0 Å². The molecule has 4 rings (SSSR count). The molecule has 1 aromatic heterocycles. The van der Waals surface area contributed by atoms with Crippen molar-refractivity contribution in [3.05, 3.63) is 40.6 Å². The first-order valence-electron chi connectivity index (χ1n) is 8.48. The van der Waals surface area contributed by atoms with E-state index in [1.165, 1.54) is 0 Å². The first-order chi connectivity index (χ1) is 12.1. The van der Waals surface area contributed by atoms with Crippen molar-refractivity contribution in [2.75, 3.05) is 23.9 Å². The number of thiophene rings is 1. The molecule has 1 N–H and O–H groups in total. The Labute approximate surface area is 150 Å². The number of amides is 2. The van der Waals surface area contributed by atoms with Crippen LogP contribution < -0.4 is 15.0 Å². The normalized spacial score (nSPS) is 18.3. The Morgan fingerprint density at radius 2 is 2.16 bits per heavy atom. The van der Waals surface area contributed by atoms with E-state index < -0.39 is 0 Å². The molecule has 1 aliphatic carbocycles. The Balaban J connectivity index is 1.55. The van der Waals surface area contributed by atoms with Crippen molar-refractivity contribution in [2.24, 2.45) is 0 Å². The minimum Gasteiger partial charge on any atom is -0.494 e. The number of ether oxygens (including phenoxy) is 1. The van der Waals surface area contributed by atoms with Crippen molar-refractivity contribution in [2.45, 2.75) is 31.1 Å². The minimum absolute atomic E-state index is 0.0296. The summed E-state index contributed by atoms with van der Waals surface area (Å²) >= 11 is 1.63. The number of anilines is 2. The Morgan fingerprint density at radius 1 is 1.32 bits per heavy atom. The van der Waals surface area contributed by atoms with Crippen molar-refractivity contribution in [3.63, 3.8) is 0 Å². The molecule has 6 heteroatoms. The fourth-order valence-electron chi connectivity index (χ4n) is 3.39. The fourth-order valence-corrected chi connectivity index (χ4v) is 4.38. The smallest absolute Gasteiger partial charge is 0.235 e. The zero-order valence-electron chi connectivity index (χ0n) is 14.1. The van der Waals surface area contributed by atoms with Crippen molar-refractivity contribution in [1.29, 1.82) is 0 Å². The van der Waals surface area contributed by atoms with E-state index in [9.17, 15) is 9.59 Å². The molecule has 25 heavy (non-hydrogen) atoms. The van der Waals surface area contributed by atoms with Crippen LogP contribution in [0.1, 0.15) is 30.6 Å². The largest absolute Gasteiger partial charge is 0.494 e. The van der Waals surface area contributed by atoms with Gasteiger partial charge in [-0.3, -0.25) is 9.59 Å². The molecule has 0 unspecified atom stereocenters. The van der Waals surface area contributed by atoms with Gasteiger partial charge in [-0.15, -0.1) is 11.3 Å². The van der Waals surface area contributed by atoms with E-state index in [1.807, 2.05) is 29.6 Å². The predicted octanol–water partition coefficient (Wildman–Crippen LogP) is 3.55. The highest BCUT2D eigenvalue weighted by Gasteiger charge is 2.52. The summed E-state index contributed by atoms with van der Waals surface area (Å²) in [4.78, 5) is 27.6. The fraction of sp³-hybridized carbons (Fsp3) is 0.368. The Kier molecular flexibility index (Phi) is 4.00. The molecular weight excluding hydrogens is 336 g/mol. The zero-order chi connectivity index (χ0) is 17.4. The quantitative estimate of drug-likeness (QED) is 0.891. The van der Waals surface area contributed by atoms with Gasteiger partial charge < -0.3 is 15.0 Å². The molecule has 2 aliphatic rings. The lowest BCUT2D eigenvalue weighted by Gasteiger charge is -2.20. The van der Waals surface area contributed by atoms with Crippen LogP contribution >= 0.6 is 11.3 Å². The molecule has 0 atom stereocenters. The number of hydrogen-bond acceptors (Lipinski definition) is 4. The third-order valence-electron chi connectivity index (χ3n) is 4.98. The van der Waals surface area contributed by atoms with E-state index in [4.69, 9.17) is 4.74 Å². The topological polar surface area (TPSA) is 58.6 Å². The lowest BCUT2D eigenvalue weighted by atomic mass is 10.0. The average molecular weight is 356 g/mol. The summed E-state index contributed by atoms with van der Waals surface area (Å²) in [6, 6.07) is 9.50. The molecule has 2 aromatic rings. The van der Waals surface area contributed by atoms with Gasteiger partial charge in [-0.2, -0.15) is 0 Å². The van der Waals surface area contributed by atoms with Gasteiger partial charge in [-0.05, 0) is 42.8 Å². The van der Waals surface area contributed by atoms with Crippen LogP contribution in [0.5, 0.6) is 5.75 Å². The first-order valence-corrected chi connectivity index (χ1v) is 9.36. The van der Waals surface area contributed by atoms with Gasteiger partial charge in [0.1, 0.15) is 5.75 Å². The molecule has 2 amide bonds. The molecule has 1 saturated carbocycles. The highest BCUT2D eigenvalue weighted by molar-refractivity contribution is 7.10. The summed E-state index contributed by atoms with van der Waals surface area (Å²) in [5, 5.41) is 5.03. The number of nitrogens with one attached hydrogen (secondary N) is 1. The first kappa shape index (κ1) is 16.1. The van der Waals surface area contributed by atoms with Crippen molar-refractivity contribution >= 4 is 34.5 Å². The van der Waals surface area contributed by atoms with Crippen LogP contribution in [0.15, 0.2) is 35.7 Å². The number of benzene rings is 1. The second-order valence-electron chi connectivity index (χ2n) is 6.55. The maximum atomic E-state index is 12.8. The Hall–Kier alpha value is -2.34. The van der Waals surface area contributed by atoms with Gasteiger partial charge in [-0.25, -0.2) is 0 Å². The number of methoxy groups -OCH3 is 1. The lowest BCUT2D eigenvalue weighted by molar-refractivity contribution is -0.118. The number of carbonyl (C=O) groups is 2. The molecule has 0 radical (unpaired) electrons. The summed E-state index contributed by atoms with van der Waals surface area (Å²) in [7, 11) is 1.58. The highest BCUT2D eigenvalue weighted by atomic mass is 32.1. The van der Waals surface area contributed by atoms with Gasteiger partial charge >= 0.3 is 0 Å². The van der Waals surface area contributed by atoms with Crippen molar-refractivity contribution in [3.8, 4) is 5.75 Å². The zero-order valence-corrected chi connectivity index (χ0v) is 14.9. The van der Waals surface area contributed by atoms with E-state index in [-0.39, 0.29) is 17.2 Å². The van der Waals surface area contributed by atoms with E-state index in [2.05, 4.69) is 5.32 Å². The minimum atomic E-state index is -0.370. The average Bonchev–Trinajstić information content (AvgIpc) is 3.03. The van der Waals surface area contributed by atoms with Gasteiger partial charge in [0.25, 0.3) is 0 Å². The highest BCUT2D eigenvalue weighted by Crippen LogP contribution is 2.50. The Bertz CT molecular complexity index is 812. The van der Waals surface area contributed by atoms with Gasteiger partial charge in [0.05, 0.1) is 18.2 Å². The SMILES string of the molecule is COc1cc(NC(=O)C2(c3cccs3)CC2)ccc1N1CCCC1=O. The van der Waals surface area contributed by atoms with Crippen LogP contribution in [0.2, 0.25) is 0 Å². The number of nitrogens with zero attached hydrogens (tertiary/aromatic N) is 1. The molecule has 0 bridgehead atoms. The standard InChI is InChI=1S/C19H20N2O3S/c1-24-15-12-13(6-7-14(15)21-10-2-5-17(21)22)20-18(23)19(8-9-19)16-4-3-11-25-16/h3-4,6-7,11-12H,2,5,8-10H2,1H3,(H,20,23). The maximum Gasteiger partial charge on any atom is 0.235 e. The molecule has 2 heterocycles. The van der Waals surface area contributed by atoms with Crippen LogP contribution in [0.4, 0.5) is 11.4 Å². The maximum absolute atomic E-state index is 12.8. The summed E-state index contributed by atoms with van der Waals surface area (Å²) in [5.74, 6) is 0.751. The van der Waals surface area contributed by atoms with Gasteiger partial charge in [-0.1, -0.05) is 6.07 Å². The number of carbonyl (C=O) groups excluding carboxylic acids is 2. The van der Waals surface area contributed by atoms with Crippen molar-refractivity contribution < 1.29 is 14.3 Å². The summed E-state index contributed by atoms with van der Waals surface area (Å²) in [5.41, 5.74) is 1.09. The monoisotopic (exact) mass is 356 g/mol. The van der Waals surface area contributed by atoms with Crippen molar-refractivity contribution in [1.82, 2.24) is 0 Å². The molecule has 0 spiro atoms. The lowest BCUT2D eigenvalue weighted by Crippen LogP contribution is -2.27. The molecule has 5 nitrogen and oxygen atoms in total. The second kappa shape index (κ2) is 6.19. The van der Waals surface area contributed by atoms with Crippen LogP contribution in [-0.2, 0) is 15.0 Å². The van der Waals surface area contributed by atoms with Gasteiger partial charge in [0.15, 0.2) is 0 Å². The third-order valence-corrected chi connectivity index (χ3v) is 6.05. The Morgan fingerprint density at radius 3 is 2.76 bits per heavy atom. The van der Waals surface area contributed by atoms with Crippen LogP contribution in [0.3, 0.4) is 0 Å². The summed E-state index contributed by atoms with van der Waals surface area (Å²) < 4.78 is 5.46. The molecular formula is C19H20N2O3S. The predicted molar refractivity (Wildman–Crippen MR) is 98.4 cm³/mol. The van der Waals surface area contributed by atoms with Gasteiger partial charge in [0.2, 0.25) is 11.8 Å². The van der Waals surface area contributed by atoms with E-state index in [0.29, 0.717) is 24.4 Å².